The molecule has 0 aliphatic rings. The van der Waals surface area contributed by atoms with Crippen molar-refractivity contribution in [2.75, 3.05) is 0 Å². The van der Waals surface area contributed by atoms with Crippen LogP contribution in [0.3, 0.4) is 0 Å². The van der Waals surface area contributed by atoms with E-state index in [1.807, 2.05) is 6.07 Å². The maximum absolute atomic E-state index is 5.03. The van der Waals surface area contributed by atoms with Crippen molar-refractivity contribution in [2.45, 2.75) is 13.8 Å². The lowest BCUT2D eigenvalue weighted by Crippen LogP contribution is -1.96. The lowest BCUT2D eigenvalue weighted by molar-refractivity contribution is 1.31. The molecule has 0 saturated heterocycles. The summed E-state index contributed by atoms with van der Waals surface area (Å²) in [5.41, 5.74) is 8.27. The van der Waals surface area contributed by atoms with Crippen molar-refractivity contribution < 1.29 is 0 Å². The molecule has 3 aromatic carbocycles. The molecule has 0 spiro atoms. The number of aromatic nitrogens is 1. The van der Waals surface area contributed by atoms with Gasteiger partial charge in [-0.25, -0.2) is 4.98 Å². The Hall–Kier alpha value is -2.93. The first-order valence-electron chi connectivity index (χ1n) is 8.26. The smallest absolute Gasteiger partial charge is 0.0745 e. The topological polar surface area (TPSA) is 12.9 Å². The maximum Gasteiger partial charge on any atom is 0.0745 e. The predicted molar refractivity (Wildman–Crippen MR) is 102 cm³/mol. The molecule has 1 heteroatoms. The highest BCUT2D eigenvalue weighted by Crippen LogP contribution is 2.37. The molecular formula is C23H19N. The monoisotopic (exact) mass is 309 g/mol. The van der Waals surface area contributed by atoms with Gasteiger partial charge in [0, 0.05) is 10.9 Å². The second-order valence-electron chi connectivity index (χ2n) is 6.16. The molecule has 1 aromatic heterocycles. The van der Waals surface area contributed by atoms with Crippen molar-refractivity contribution in [1.29, 1.82) is 0 Å². The molecule has 0 fully saturated rings. The minimum absolute atomic E-state index is 1.07. The summed E-state index contributed by atoms with van der Waals surface area (Å²) in [7, 11) is 0. The van der Waals surface area contributed by atoms with Crippen LogP contribution in [-0.4, -0.2) is 4.98 Å². The minimum atomic E-state index is 1.07. The van der Waals surface area contributed by atoms with Gasteiger partial charge in [0.15, 0.2) is 0 Å². The summed E-state index contributed by atoms with van der Waals surface area (Å²) < 4.78 is 0. The number of pyridine rings is 1. The molecule has 24 heavy (non-hydrogen) atoms. The van der Waals surface area contributed by atoms with Crippen LogP contribution in [0.5, 0.6) is 0 Å². The number of rotatable bonds is 2. The van der Waals surface area contributed by atoms with Gasteiger partial charge >= 0.3 is 0 Å². The summed E-state index contributed by atoms with van der Waals surface area (Å²) in [6, 6.07) is 27.5. The summed E-state index contributed by atoms with van der Waals surface area (Å²) in [6.07, 6.45) is 0. The van der Waals surface area contributed by atoms with Gasteiger partial charge in [-0.1, -0.05) is 78.9 Å². The Labute approximate surface area is 142 Å². The minimum Gasteiger partial charge on any atom is -0.247 e. The fraction of sp³-hybridized carbons (Fsp3) is 0.0870. The van der Waals surface area contributed by atoms with Gasteiger partial charge in [0.05, 0.1) is 11.2 Å². The van der Waals surface area contributed by atoms with Crippen LogP contribution < -0.4 is 0 Å². The number of hydrogen-bond donors (Lipinski definition) is 0. The van der Waals surface area contributed by atoms with Gasteiger partial charge in [-0.15, -0.1) is 0 Å². The van der Waals surface area contributed by atoms with Crippen molar-refractivity contribution >= 4 is 10.9 Å². The van der Waals surface area contributed by atoms with Crippen LogP contribution >= 0.6 is 0 Å². The molecule has 0 radical (unpaired) electrons. The van der Waals surface area contributed by atoms with E-state index in [-0.39, 0.29) is 0 Å². The molecule has 0 unspecified atom stereocenters. The Morgan fingerprint density at radius 3 is 1.92 bits per heavy atom. The average molecular weight is 309 g/mol. The lowest BCUT2D eigenvalue weighted by Gasteiger charge is -2.16. The third-order valence-corrected chi connectivity index (χ3v) is 4.57. The summed E-state index contributed by atoms with van der Waals surface area (Å²) >= 11 is 0. The van der Waals surface area contributed by atoms with Crippen LogP contribution in [-0.2, 0) is 0 Å². The standard InChI is InChI=1S/C23H19N/c1-16-10-9-15-20-21(18-11-5-3-6-12-18)17(2)23(24-22(16)20)19-13-7-4-8-14-19/h3-15H,1-2H3. The highest BCUT2D eigenvalue weighted by atomic mass is 14.7. The molecule has 1 heterocycles. The zero-order valence-corrected chi connectivity index (χ0v) is 14.0. The number of aryl methyl sites for hydroxylation is 1. The summed E-state index contributed by atoms with van der Waals surface area (Å²) in [6.45, 7) is 4.31. The van der Waals surface area contributed by atoms with Crippen LogP contribution in [0.1, 0.15) is 11.1 Å². The van der Waals surface area contributed by atoms with E-state index in [4.69, 9.17) is 4.98 Å². The van der Waals surface area contributed by atoms with Gasteiger partial charge in [-0.05, 0) is 36.1 Å². The van der Waals surface area contributed by atoms with Crippen LogP contribution in [0.15, 0.2) is 78.9 Å². The van der Waals surface area contributed by atoms with Crippen LogP contribution in [0.2, 0.25) is 0 Å². The van der Waals surface area contributed by atoms with E-state index in [9.17, 15) is 0 Å². The number of nitrogens with zero attached hydrogens (tertiary/aromatic N) is 1. The van der Waals surface area contributed by atoms with Crippen LogP contribution in [0, 0.1) is 13.8 Å². The Morgan fingerprint density at radius 1 is 0.625 bits per heavy atom. The van der Waals surface area contributed by atoms with Crippen molar-refractivity contribution in [2.24, 2.45) is 0 Å². The fourth-order valence-corrected chi connectivity index (χ4v) is 3.38. The Kier molecular flexibility index (Phi) is 3.62. The van der Waals surface area contributed by atoms with Gasteiger partial charge in [0.2, 0.25) is 0 Å². The zero-order valence-electron chi connectivity index (χ0n) is 14.0. The van der Waals surface area contributed by atoms with E-state index >= 15 is 0 Å². The van der Waals surface area contributed by atoms with Gasteiger partial charge in [0.1, 0.15) is 0 Å². The van der Waals surface area contributed by atoms with Crippen molar-refractivity contribution in [3.63, 3.8) is 0 Å². The number of fused-ring (bicyclic) bond motifs is 1. The number of hydrogen-bond acceptors (Lipinski definition) is 1. The van der Waals surface area contributed by atoms with Crippen molar-refractivity contribution in [3.8, 4) is 22.4 Å². The van der Waals surface area contributed by atoms with E-state index in [0.717, 1.165) is 16.8 Å². The van der Waals surface area contributed by atoms with Crippen LogP contribution in [0.25, 0.3) is 33.3 Å². The quantitative estimate of drug-likeness (QED) is 0.430. The van der Waals surface area contributed by atoms with Crippen LogP contribution in [0.4, 0.5) is 0 Å². The first-order valence-corrected chi connectivity index (χ1v) is 8.26. The molecular weight excluding hydrogens is 290 g/mol. The lowest BCUT2D eigenvalue weighted by atomic mass is 9.92. The Balaban J connectivity index is 2.13. The highest BCUT2D eigenvalue weighted by Gasteiger charge is 2.15. The molecule has 0 bridgehead atoms. The van der Waals surface area contributed by atoms with Crippen molar-refractivity contribution in [1.82, 2.24) is 4.98 Å². The van der Waals surface area contributed by atoms with E-state index < -0.39 is 0 Å². The largest absolute Gasteiger partial charge is 0.247 e. The third kappa shape index (κ3) is 2.39. The molecule has 0 aliphatic heterocycles. The van der Waals surface area contributed by atoms with Gasteiger partial charge < -0.3 is 0 Å². The van der Waals surface area contributed by atoms with E-state index in [2.05, 4.69) is 86.6 Å². The maximum atomic E-state index is 5.03. The number of para-hydroxylation sites is 1. The summed E-state index contributed by atoms with van der Waals surface area (Å²) in [5.74, 6) is 0. The summed E-state index contributed by atoms with van der Waals surface area (Å²) in [5, 5.41) is 1.22. The molecule has 0 N–H and O–H groups in total. The average Bonchev–Trinajstić information content (AvgIpc) is 2.63. The van der Waals surface area contributed by atoms with E-state index in [1.165, 1.54) is 27.6 Å². The first-order chi connectivity index (χ1) is 11.8. The summed E-state index contributed by atoms with van der Waals surface area (Å²) in [4.78, 5) is 5.03. The van der Waals surface area contributed by atoms with Crippen molar-refractivity contribution in [3.05, 3.63) is 90.0 Å². The second-order valence-corrected chi connectivity index (χ2v) is 6.16. The molecule has 0 amide bonds. The third-order valence-electron chi connectivity index (χ3n) is 4.57. The molecule has 0 aliphatic carbocycles. The normalized spacial score (nSPS) is 10.9. The van der Waals surface area contributed by atoms with E-state index in [1.54, 1.807) is 0 Å². The highest BCUT2D eigenvalue weighted by molar-refractivity contribution is 6.00. The Bertz CT molecular complexity index is 1000. The second kappa shape index (κ2) is 5.93. The molecule has 1 nitrogen and oxygen atoms in total. The predicted octanol–water partition coefficient (Wildman–Crippen LogP) is 6.19. The van der Waals surface area contributed by atoms with Gasteiger partial charge in [0.25, 0.3) is 0 Å². The van der Waals surface area contributed by atoms with Gasteiger partial charge in [-0.2, -0.15) is 0 Å². The van der Waals surface area contributed by atoms with E-state index in [0.29, 0.717) is 0 Å². The first kappa shape index (κ1) is 14.6. The molecule has 4 aromatic rings. The molecule has 116 valence electrons. The number of benzene rings is 3. The van der Waals surface area contributed by atoms with Gasteiger partial charge in [-0.3, -0.25) is 0 Å². The SMILES string of the molecule is Cc1c(-c2ccccc2)nc2c(C)cccc2c1-c1ccccc1. The fourth-order valence-electron chi connectivity index (χ4n) is 3.38. The molecule has 4 rings (SSSR count). The molecule has 0 atom stereocenters. The Morgan fingerprint density at radius 2 is 1.25 bits per heavy atom. The zero-order chi connectivity index (χ0) is 16.5. The molecule has 0 saturated carbocycles.